The lowest BCUT2D eigenvalue weighted by molar-refractivity contribution is 0.167. The van der Waals surface area contributed by atoms with Gasteiger partial charge in [0, 0.05) is 6.54 Å². The van der Waals surface area contributed by atoms with Crippen molar-refractivity contribution in [3.8, 4) is 5.75 Å². The summed E-state index contributed by atoms with van der Waals surface area (Å²) in [5.41, 5.74) is 0. The van der Waals surface area contributed by atoms with E-state index in [1.807, 2.05) is 0 Å². The van der Waals surface area contributed by atoms with Gasteiger partial charge in [0.05, 0.1) is 12.4 Å². The molecular formula is C8H13N3O. The highest BCUT2D eigenvalue weighted by Crippen LogP contribution is 2.12. The first-order valence-corrected chi connectivity index (χ1v) is 4.31. The zero-order valence-electron chi connectivity index (χ0n) is 6.92. The first-order valence-electron chi connectivity index (χ1n) is 4.31. The molecule has 0 aromatic carbocycles. The van der Waals surface area contributed by atoms with E-state index in [0.717, 1.165) is 25.3 Å². The lowest BCUT2D eigenvalue weighted by Gasteiger charge is -2.22. The number of nitrogens with one attached hydrogen (secondary N) is 2. The monoisotopic (exact) mass is 167 g/mol. The number of nitrogens with zero attached hydrogens (tertiary/aromatic N) is 1. The summed E-state index contributed by atoms with van der Waals surface area (Å²) in [6.45, 7) is 2.07. The van der Waals surface area contributed by atoms with Crippen molar-refractivity contribution in [3.63, 3.8) is 0 Å². The van der Waals surface area contributed by atoms with E-state index < -0.39 is 0 Å². The first-order chi connectivity index (χ1) is 5.95. The van der Waals surface area contributed by atoms with Crippen LogP contribution >= 0.6 is 0 Å². The van der Waals surface area contributed by atoms with Crippen molar-refractivity contribution in [3.05, 3.63) is 12.4 Å². The maximum atomic E-state index is 5.64. The van der Waals surface area contributed by atoms with Crippen molar-refractivity contribution in [2.45, 2.75) is 18.9 Å². The molecule has 1 aromatic rings. The van der Waals surface area contributed by atoms with Crippen LogP contribution in [0.15, 0.2) is 12.4 Å². The number of ether oxygens (including phenoxy) is 1. The molecule has 1 aliphatic heterocycles. The van der Waals surface area contributed by atoms with Gasteiger partial charge in [0.2, 0.25) is 0 Å². The summed E-state index contributed by atoms with van der Waals surface area (Å²) in [4.78, 5) is 0. The Balaban J connectivity index is 1.86. The highest BCUT2D eigenvalue weighted by Gasteiger charge is 2.14. The molecule has 0 saturated carbocycles. The van der Waals surface area contributed by atoms with Crippen LogP contribution in [0.5, 0.6) is 5.75 Å². The Morgan fingerprint density at radius 2 is 2.58 bits per heavy atom. The Bertz CT molecular complexity index is 216. The summed E-state index contributed by atoms with van der Waals surface area (Å²) in [6, 6.07) is 0. The van der Waals surface area contributed by atoms with Crippen LogP contribution in [0.1, 0.15) is 12.8 Å². The van der Waals surface area contributed by atoms with Crippen LogP contribution in [0.2, 0.25) is 0 Å². The molecular weight excluding hydrogens is 154 g/mol. The second-order valence-electron chi connectivity index (χ2n) is 3.02. The standard InChI is InChI=1S/C8H13N3O/c1-2-7(4-9-3-1)12-8-5-10-11-6-8/h5-7,9H,1-4H2,(H,10,11). The molecule has 0 radical (unpaired) electrons. The van der Waals surface area contributed by atoms with E-state index in [2.05, 4.69) is 15.5 Å². The number of H-pyrrole nitrogens is 1. The lowest BCUT2D eigenvalue weighted by atomic mass is 10.1. The van der Waals surface area contributed by atoms with Crippen molar-refractivity contribution in [1.29, 1.82) is 0 Å². The fourth-order valence-corrected chi connectivity index (χ4v) is 1.42. The van der Waals surface area contributed by atoms with Gasteiger partial charge in [-0.15, -0.1) is 0 Å². The second-order valence-corrected chi connectivity index (χ2v) is 3.02. The largest absolute Gasteiger partial charge is 0.486 e. The van der Waals surface area contributed by atoms with E-state index in [4.69, 9.17) is 4.74 Å². The van der Waals surface area contributed by atoms with Gasteiger partial charge in [-0.3, -0.25) is 5.10 Å². The van der Waals surface area contributed by atoms with Crippen molar-refractivity contribution >= 4 is 0 Å². The van der Waals surface area contributed by atoms with Crippen molar-refractivity contribution in [2.24, 2.45) is 0 Å². The van der Waals surface area contributed by atoms with Crippen LogP contribution in [0.25, 0.3) is 0 Å². The van der Waals surface area contributed by atoms with Crippen LogP contribution in [0.3, 0.4) is 0 Å². The Kier molecular flexibility index (Phi) is 2.27. The predicted octanol–water partition coefficient (Wildman–Crippen LogP) is 0.540. The van der Waals surface area contributed by atoms with Gasteiger partial charge < -0.3 is 10.1 Å². The topological polar surface area (TPSA) is 49.9 Å². The number of rotatable bonds is 2. The summed E-state index contributed by atoms with van der Waals surface area (Å²) in [6.07, 6.45) is 6.13. The summed E-state index contributed by atoms with van der Waals surface area (Å²) in [5.74, 6) is 0.837. The molecule has 2 N–H and O–H groups in total. The van der Waals surface area contributed by atoms with Gasteiger partial charge in [-0.25, -0.2) is 0 Å². The summed E-state index contributed by atoms with van der Waals surface area (Å²) in [7, 11) is 0. The number of hydrogen-bond donors (Lipinski definition) is 2. The molecule has 1 saturated heterocycles. The summed E-state index contributed by atoms with van der Waals surface area (Å²) in [5, 5.41) is 9.83. The lowest BCUT2D eigenvalue weighted by Crippen LogP contribution is -2.37. The molecule has 1 aliphatic rings. The van der Waals surface area contributed by atoms with E-state index in [1.165, 1.54) is 6.42 Å². The van der Waals surface area contributed by atoms with Gasteiger partial charge >= 0.3 is 0 Å². The zero-order chi connectivity index (χ0) is 8.23. The molecule has 4 heteroatoms. The van der Waals surface area contributed by atoms with E-state index >= 15 is 0 Å². The van der Waals surface area contributed by atoms with Gasteiger partial charge in [-0.05, 0) is 19.4 Å². The third-order valence-corrected chi connectivity index (χ3v) is 2.03. The molecule has 0 bridgehead atoms. The van der Waals surface area contributed by atoms with E-state index in [9.17, 15) is 0 Å². The third kappa shape index (κ3) is 1.76. The van der Waals surface area contributed by atoms with Gasteiger partial charge in [0.15, 0.2) is 5.75 Å². The molecule has 1 unspecified atom stereocenters. The third-order valence-electron chi connectivity index (χ3n) is 2.03. The predicted molar refractivity (Wildman–Crippen MR) is 45.1 cm³/mol. The molecule has 1 aromatic heterocycles. The molecule has 1 atom stereocenters. The molecule has 0 spiro atoms. The maximum Gasteiger partial charge on any atom is 0.157 e. The van der Waals surface area contributed by atoms with Gasteiger partial charge in [0.25, 0.3) is 0 Å². The van der Waals surface area contributed by atoms with Crippen molar-refractivity contribution < 1.29 is 4.74 Å². The van der Waals surface area contributed by atoms with Crippen LogP contribution in [-0.4, -0.2) is 29.4 Å². The Labute approximate surface area is 71.3 Å². The zero-order valence-corrected chi connectivity index (χ0v) is 6.92. The van der Waals surface area contributed by atoms with E-state index in [-0.39, 0.29) is 0 Å². The van der Waals surface area contributed by atoms with E-state index in [0.29, 0.717) is 6.10 Å². The average Bonchev–Trinajstić information content (AvgIpc) is 2.59. The second kappa shape index (κ2) is 3.58. The highest BCUT2D eigenvalue weighted by molar-refractivity contribution is 5.10. The summed E-state index contributed by atoms with van der Waals surface area (Å²) >= 11 is 0. The number of aromatic amines is 1. The minimum absolute atomic E-state index is 0.316. The van der Waals surface area contributed by atoms with Gasteiger partial charge in [-0.1, -0.05) is 0 Å². The van der Waals surface area contributed by atoms with Crippen molar-refractivity contribution in [2.75, 3.05) is 13.1 Å². The molecule has 12 heavy (non-hydrogen) atoms. The molecule has 1 fully saturated rings. The quantitative estimate of drug-likeness (QED) is 0.676. The normalized spacial score (nSPS) is 23.8. The molecule has 0 amide bonds. The number of aromatic nitrogens is 2. The average molecular weight is 167 g/mol. The minimum Gasteiger partial charge on any atom is -0.486 e. The SMILES string of the molecule is c1n[nH]cc1OC1CCCNC1. The molecule has 4 nitrogen and oxygen atoms in total. The molecule has 2 rings (SSSR count). The fraction of sp³-hybridized carbons (Fsp3) is 0.625. The van der Waals surface area contributed by atoms with Crippen LogP contribution in [-0.2, 0) is 0 Å². The molecule has 2 heterocycles. The number of hydrogen-bond acceptors (Lipinski definition) is 3. The van der Waals surface area contributed by atoms with Crippen LogP contribution in [0, 0.1) is 0 Å². The Morgan fingerprint density at radius 1 is 1.58 bits per heavy atom. The molecule has 66 valence electrons. The highest BCUT2D eigenvalue weighted by atomic mass is 16.5. The first kappa shape index (κ1) is 7.61. The Hall–Kier alpha value is -1.03. The van der Waals surface area contributed by atoms with E-state index in [1.54, 1.807) is 12.4 Å². The minimum atomic E-state index is 0.316. The smallest absolute Gasteiger partial charge is 0.157 e. The maximum absolute atomic E-state index is 5.64. The van der Waals surface area contributed by atoms with Gasteiger partial charge in [-0.2, -0.15) is 5.10 Å². The number of piperidine rings is 1. The van der Waals surface area contributed by atoms with Crippen molar-refractivity contribution in [1.82, 2.24) is 15.5 Å². The van der Waals surface area contributed by atoms with Gasteiger partial charge in [0.1, 0.15) is 6.10 Å². The summed E-state index contributed by atoms with van der Waals surface area (Å²) < 4.78 is 5.64. The fourth-order valence-electron chi connectivity index (χ4n) is 1.42. The van der Waals surface area contributed by atoms with Crippen LogP contribution < -0.4 is 10.1 Å². The van der Waals surface area contributed by atoms with Crippen LogP contribution in [0.4, 0.5) is 0 Å². The Morgan fingerprint density at radius 3 is 3.25 bits per heavy atom. The molecule has 0 aliphatic carbocycles.